The second-order valence-electron chi connectivity index (χ2n) is 27.3. The van der Waals surface area contributed by atoms with Crippen molar-refractivity contribution in [1.29, 1.82) is 0 Å². The predicted molar refractivity (Wildman–Crippen MR) is 454 cm³/mol. The lowest BCUT2D eigenvalue weighted by Crippen LogP contribution is -2.30. The van der Waals surface area contributed by atoms with E-state index in [1.807, 2.05) is 18.2 Å². The number of allylic oxidation sites excluding steroid dienone is 30. The molecule has 0 radical (unpaired) electrons. The van der Waals surface area contributed by atoms with Gasteiger partial charge in [0.2, 0.25) is 0 Å². The Balaban J connectivity index is 5.47. The first-order valence-electron chi connectivity index (χ1n) is 42.0. The van der Waals surface area contributed by atoms with Crippen molar-refractivity contribution in [2.45, 2.75) is 329 Å². The van der Waals surface area contributed by atoms with Gasteiger partial charge in [0.25, 0.3) is 0 Å². The van der Waals surface area contributed by atoms with Gasteiger partial charge in [0, 0.05) is 25.7 Å². The molecule has 110 heavy (non-hydrogen) atoms. The third-order valence-electron chi connectivity index (χ3n) is 16.8. The summed E-state index contributed by atoms with van der Waals surface area (Å²) in [6.45, 7) is 4.42. The summed E-state index contributed by atoms with van der Waals surface area (Å²) in [5.41, 5.74) is 0. The summed E-state index contributed by atoms with van der Waals surface area (Å²) in [6.07, 6.45) is 98.7. The summed E-state index contributed by atoms with van der Waals surface area (Å²) >= 11 is 0. The van der Waals surface area contributed by atoms with Gasteiger partial charge >= 0.3 is 39.5 Å². The zero-order chi connectivity index (χ0) is 80.3. The summed E-state index contributed by atoms with van der Waals surface area (Å²) < 4.78 is 68.7. The molecule has 0 heterocycles. The molecule has 0 bridgehead atoms. The molecule has 0 saturated carbocycles. The van der Waals surface area contributed by atoms with Gasteiger partial charge in [0.15, 0.2) is 12.2 Å². The number of rotatable bonds is 77. The minimum Gasteiger partial charge on any atom is -0.462 e. The van der Waals surface area contributed by atoms with Gasteiger partial charge in [-0.1, -0.05) is 300 Å². The second-order valence-corrected chi connectivity index (χ2v) is 30.2. The Bertz CT molecular complexity index is 2800. The van der Waals surface area contributed by atoms with Crippen LogP contribution in [0.2, 0.25) is 0 Å². The minimum absolute atomic E-state index is 0.0257. The second kappa shape index (κ2) is 81.2. The Hall–Kier alpha value is -5.84. The van der Waals surface area contributed by atoms with Gasteiger partial charge in [-0.15, -0.1) is 0 Å². The first-order valence-corrected chi connectivity index (χ1v) is 45.0. The van der Waals surface area contributed by atoms with Crippen LogP contribution in [0.15, 0.2) is 182 Å². The lowest BCUT2D eigenvalue weighted by molar-refractivity contribution is -0.161. The van der Waals surface area contributed by atoms with Gasteiger partial charge in [0.05, 0.1) is 26.4 Å². The number of aliphatic hydroxyl groups is 1. The number of aliphatic hydroxyl groups excluding tert-OH is 1. The third kappa shape index (κ3) is 80.2. The van der Waals surface area contributed by atoms with Crippen LogP contribution in [0.4, 0.5) is 0 Å². The van der Waals surface area contributed by atoms with E-state index in [-0.39, 0.29) is 25.7 Å². The molecule has 17 nitrogen and oxygen atoms in total. The standard InChI is InChI=1S/C91H148O17P2/c1-5-9-13-17-21-25-29-33-36-39-42-45-48-52-55-59-63-67-71-75-88(93)101-81-86(107-90(95)77-73-69-65-61-57-51-32-28-24-20-16-12-8-4)83-105-109(97,98)103-79-85(92)80-104-110(99,100)106-84-87(108-91(96)78-74-70-66-62-58-54-50-47-44-41-38-35-31-27-23-19-15-11-7-3)82-102-89(94)76-72-68-64-60-56-53-49-46-43-40-37-34-30-26-22-18-14-10-6-2/h10-11,14-16,20-23,25-28,32-38,42-47,53,56,64,68,85-87,92H,5-9,12-13,17-19,24,29-31,39-41,48-52,54-55,57-63,65-67,69-84H2,1-4H3,(H,97,98)(H,99,100)/b14-10-,15-11-,20-16-,25-21-,26-22-,27-23-,32-28-,36-33-,37-34-,38-35-,45-42-,46-43-,47-44-,56-53-,68-64-. The molecule has 0 rings (SSSR count). The molecule has 0 aliphatic heterocycles. The highest BCUT2D eigenvalue weighted by Gasteiger charge is 2.30. The van der Waals surface area contributed by atoms with Crippen LogP contribution in [-0.2, 0) is 65.4 Å². The monoisotopic (exact) mass is 1580 g/mol. The molecule has 0 spiro atoms. The minimum atomic E-state index is -5.01. The van der Waals surface area contributed by atoms with E-state index in [9.17, 15) is 43.2 Å². The van der Waals surface area contributed by atoms with E-state index in [0.717, 1.165) is 205 Å². The molecule has 3 N–H and O–H groups in total. The lowest BCUT2D eigenvalue weighted by atomic mass is 10.1. The summed E-state index contributed by atoms with van der Waals surface area (Å²) in [5.74, 6) is -2.33. The summed E-state index contributed by atoms with van der Waals surface area (Å²) in [7, 11) is -10.0. The Labute approximate surface area is 666 Å². The van der Waals surface area contributed by atoms with Crippen LogP contribution in [0.25, 0.3) is 0 Å². The molecular formula is C91H148O17P2. The van der Waals surface area contributed by atoms with E-state index in [0.29, 0.717) is 32.1 Å². The maximum atomic E-state index is 13.1. The Kier molecular flexibility index (Phi) is 76.9. The molecular weight excluding hydrogens is 1430 g/mol. The predicted octanol–water partition coefficient (Wildman–Crippen LogP) is 25.1. The number of unbranched alkanes of at least 4 members (excludes halogenated alkanes) is 21. The molecule has 0 aliphatic carbocycles. The van der Waals surface area contributed by atoms with Crippen LogP contribution in [0.1, 0.15) is 310 Å². The molecule has 5 atom stereocenters. The van der Waals surface area contributed by atoms with Crippen molar-refractivity contribution in [3.63, 3.8) is 0 Å². The van der Waals surface area contributed by atoms with Gasteiger partial charge in [-0.05, 0) is 167 Å². The molecule has 0 fully saturated rings. The van der Waals surface area contributed by atoms with Crippen molar-refractivity contribution in [2.24, 2.45) is 0 Å². The smallest absolute Gasteiger partial charge is 0.462 e. The van der Waals surface area contributed by atoms with Crippen LogP contribution in [-0.4, -0.2) is 96.7 Å². The number of carbonyl (C=O) groups excluding carboxylic acids is 4. The van der Waals surface area contributed by atoms with Crippen molar-refractivity contribution in [3.8, 4) is 0 Å². The maximum absolute atomic E-state index is 13.1. The normalized spacial score (nSPS) is 14.7. The molecule has 5 unspecified atom stereocenters. The summed E-state index contributed by atoms with van der Waals surface area (Å²) in [4.78, 5) is 73.2. The maximum Gasteiger partial charge on any atom is 0.472 e. The highest BCUT2D eigenvalue weighted by Crippen LogP contribution is 2.45. The number of phosphoric ester groups is 2. The molecule has 19 heteroatoms. The number of phosphoric acid groups is 2. The molecule has 0 saturated heterocycles. The highest BCUT2D eigenvalue weighted by molar-refractivity contribution is 7.47. The quantitative estimate of drug-likeness (QED) is 0.0169. The van der Waals surface area contributed by atoms with Crippen molar-refractivity contribution in [1.82, 2.24) is 0 Å². The molecule has 0 aliphatic rings. The van der Waals surface area contributed by atoms with Gasteiger partial charge in [-0.3, -0.25) is 37.3 Å². The Morgan fingerprint density at radius 2 is 0.509 bits per heavy atom. The molecule has 0 aromatic heterocycles. The van der Waals surface area contributed by atoms with Gasteiger partial charge in [0.1, 0.15) is 19.3 Å². The fourth-order valence-corrected chi connectivity index (χ4v) is 12.1. The number of hydrogen-bond acceptors (Lipinski definition) is 15. The van der Waals surface area contributed by atoms with Crippen LogP contribution >= 0.6 is 15.6 Å². The van der Waals surface area contributed by atoms with Crippen molar-refractivity contribution < 1.29 is 80.2 Å². The first kappa shape index (κ1) is 104. The fourth-order valence-electron chi connectivity index (χ4n) is 10.5. The zero-order valence-corrected chi connectivity index (χ0v) is 70.1. The van der Waals surface area contributed by atoms with Gasteiger partial charge < -0.3 is 33.8 Å². The van der Waals surface area contributed by atoms with Gasteiger partial charge in [-0.25, -0.2) is 9.13 Å². The van der Waals surface area contributed by atoms with Crippen LogP contribution in [0, 0.1) is 0 Å². The largest absolute Gasteiger partial charge is 0.472 e. The lowest BCUT2D eigenvalue weighted by Gasteiger charge is -2.21. The number of hydrogen-bond donors (Lipinski definition) is 3. The fraction of sp³-hybridized carbons (Fsp3) is 0.626. The Morgan fingerprint density at radius 1 is 0.264 bits per heavy atom. The summed E-state index contributed by atoms with van der Waals surface area (Å²) in [5, 5.41) is 10.7. The van der Waals surface area contributed by atoms with E-state index >= 15 is 0 Å². The van der Waals surface area contributed by atoms with Crippen molar-refractivity contribution in [2.75, 3.05) is 39.6 Å². The average molecular weight is 1580 g/mol. The molecule has 0 aromatic carbocycles. The molecule has 0 aromatic rings. The van der Waals surface area contributed by atoms with E-state index in [1.165, 1.54) is 19.3 Å². The van der Waals surface area contributed by atoms with E-state index in [2.05, 4.69) is 192 Å². The van der Waals surface area contributed by atoms with Crippen LogP contribution in [0.5, 0.6) is 0 Å². The van der Waals surface area contributed by atoms with E-state index < -0.39 is 97.5 Å². The average Bonchev–Trinajstić information content (AvgIpc) is 0.900. The van der Waals surface area contributed by atoms with Gasteiger partial charge in [-0.2, -0.15) is 0 Å². The van der Waals surface area contributed by atoms with Crippen molar-refractivity contribution in [3.05, 3.63) is 182 Å². The molecule has 0 amide bonds. The highest BCUT2D eigenvalue weighted by atomic mass is 31.2. The molecule has 624 valence electrons. The van der Waals surface area contributed by atoms with Crippen LogP contribution in [0.3, 0.4) is 0 Å². The Morgan fingerprint density at radius 3 is 0.818 bits per heavy atom. The zero-order valence-electron chi connectivity index (χ0n) is 68.4. The van der Waals surface area contributed by atoms with E-state index in [1.54, 1.807) is 0 Å². The third-order valence-corrected chi connectivity index (χ3v) is 18.7. The number of esters is 4. The van der Waals surface area contributed by atoms with Crippen LogP contribution < -0.4 is 0 Å². The topological polar surface area (TPSA) is 237 Å². The number of ether oxygens (including phenoxy) is 4. The SMILES string of the molecule is CC/C=C\C/C=C\C/C=C\C/C=C\C/C=C\C/C=C\CCC(=O)OCC(COP(=O)(O)OCC(O)COP(=O)(O)OCC(COC(=O)CCCCCCCC/C=C\C/C=C\C/C=C\CCCCC)OC(=O)CCCCCCC/C=C\C/C=C\CCC)OC(=O)CCCCCCCC/C=C\C/C=C\C/C=C\C/C=C\CC. The summed E-state index contributed by atoms with van der Waals surface area (Å²) in [6, 6.07) is 0. The van der Waals surface area contributed by atoms with Crippen molar-refractivity contribution >= 4 is 39.5 Å². The first-order chi connectivity index (χ1) is 53.7. The number of carbonyl (C=O) groups is 4. The van der Waals surface area contributed by atoms with E-state index in [4.69, 9.17) is 37.0 Å².